The fourth-order valence-corrected chi connectivity index (χ4v) is 8.88. The fourth-order valence-electron chi connectivity index (χ4n) is 8.37. The van der Waals surface area contributed by atoms with Gasteiger partial charge >= 0.3 is 16.4 Å². The zero-order valence-electron chi connectivity index (χ0n) is 42.9. The van der Waals surface area contributed by atoms with Crippen molar-refractivity contribution < 1.29 is 56.2 Å². The predicted octanol–water partition coefficient (Wildman–Crippen LogP) is 13.1. The highest BCUT2D eigenvalue weighted by Gasteiger charge is 2.48. The molecular formula is C55H100O12S. The number of unbranched alkanes of at least 4 members (excludes halogenated alkanes) is 27. The summed E-state index contributed by atoms with van der Waals surface area (Å²) in [6.45, 7) is 3.89. The molecule has 6 atom stereocenters. The Morgan fingerprint density at radius 3 is 1.49 bits per heavy atom. The van der Waals surface area contributed by atoms with Crippen LogP contribution in [0.15, 0.2) is 48.6 Å². The Balaban J connectivity index is 2.33. The van der Waals surface area contributed by atoms with Crippen molar-refractivity contribution >= 4 is 16.4 Å². The van der Waals surface area contributed by atoms with Gasteiger partial charge in [0, 0.05) is 13.0 Å². The minimum atomic E-state index is -5.07. The molecule has 0 amide bonds. The second-order valence-corrected chi connectivity index (χ2v) is 19.8. The first kappa shape index (κ1) is 64.1. The first-order valence-corrected chi connectivity index (χ1v) is 28.8. The third kappa shape index (κ3) is 38.8. The van der Waals surface area contributed by atoms with Crippen molar-refractivity contribution in [2.75, 3.05) is 26.4 Å². The van der Waals surface area contributed by atoms with E-state index in [0.29, 0.717) is 13.0 Å². The van der Waals surface area contributed by atoms with Crippen LogP contribution < -0.4 is 0 Å². The maximum Gasteiger partial charge on any atom is 0.397 e. The predicted molar refractivity (Wildman–Crippen MR) is 276 cm³/mol. The molecule has 1 rings (SSSR count). The Morgan fingerprint density at radius 2 is 1.01 bits per heavy atom. The number of rotatable bonds is 48. The molecule has 1 saturated heterocycles. The Kier molecular flexibility index (Phi) is 43.5. The molecule has 0 bridgehead atoms. The number of aliphatic hydroxyl groups excluding tert-OH is 3. The Bertz CT molecular complexity index is 1370. The lowest BCUT2D eigenvalue weighted by molar-refractivity contribution is -0.301. The van der Waals surface area contributed by atoms with Crippen molar-refractivity contribution in [1.82, 2.24) is 0 Å². The zero-order chi connectivity index (χ0) is 49.6. The number of carbonyl (C=O) groups is 1. The molecule has 1 fully saturated rings. The lowest BCUT2D eigenvalue weighted by Crippen LogP contribution is -2.60. The van der Waals surface area contributed by atoms with E-state index in [1.54, 1.807) is 0 Å². The molecule has 1 aliphatic heterocycles. The topological polar surface area (TPSA) is 178 Å². The number of hydrogen-bond acceptors (Lipinski definition) is 11. The van der Waals surface area contributed by atoms with E-state index >= 15 is 0 Å². The lowest BCUT2D eigenvalue weighted by atomic mass is 9.99. The van der Waals surface area contributed by atoms with E-state index in [1.165, 1.54) is 128 Å². The van der Waals surface area contributed by atoms with Gasteiger partial charge in [-0.2, -0.15) is 8.42 Å². The van der Waals surface area contributed by atoms with Crippen LogP contribution in [0.3, 0.4) is 0 Å². The van der Waals surface area contributed by atoms with Gasteiger partial charge in [-0.3, -0.25) is 9.35 Å². The highest BCUT2D eigenvalue weighted by atomic mass is 32.3. The average molecular weight is 985 g/mol. The van der Waals surface area contributed by atoms with Crippen molar-refractivity contribution in [3.05, 3.63) is 48.6 Å². The van der Waals surface area contributed by atoms with Crippen molar-refractivity contribution in [3.63, 3.8) is 0 Å². The molecule has 0 radical (unpaired) electrons. The molecule has 68 heavy (non-hydrogen) atoms. The maximum atomic E-state index is 12.9. The van der Waals surface area contributed by atoms with Crippen LogP contribution >= 0.6 is 0 Å². The van der Waals surface area contributed by atoms with Crippen LogP contribution in [0.25, 0.3) is 0 Å². The van der Waals surface area contributed by atoms with Crippen LogP contribution in [0.2, 0.25) is 0 Å². The third-order valence-electron chi connectivity index (χ3n) is 12.5. The summed E-state index contributed by atoms with van der Waals surface area (Å²) in [5, 5.41) is 30.8. The van der Waals surface area contributed by atoms with Crippen molar-refractivity contribution in [1.29, 1.82) is 0 Å². The van der Waals surface area contributed by atoms with Crippen LogP contribution in [-0.2, 0) is 38.3 Å². The molecule has 0 aromatic heterocycles. The smallest absolute Gasteiger partial charge is 0.397 e. The second-order valence-electron chi connectivity index (χ2n) is 18.8. The summed E-state index contributed by atoms with van der Waals surface area (Å²) in [7, 11) is -5.07. The van der Waals surface area contributed by atoms with E-state index in [9.17, 15) is 33.1 Å². The summed E-state index contributed by atoms with van der Waals surface area (Å²) in [6, 6.07) is 0. The molecule has 12 nitrogen and oxygen atoms in total. The molecule has 0 aliphatic carbocycles. The van der Waals surface area contributed by atoms with E-state index in [2.05, 4.69) is 66.6 Å². The van der Waals surface area contributed by atoms with E-state index in [4.69, 9.17) is 18.9 Å². The molecule has 0 aromatic carbocycles. The summed E-state index contributed by atoms with van der Waals surface area (Å²) in [4.78, 5) is 12.9. The zero-order valence-corrected chi connectivity index (χ0v) is 43.7. The Morgan fingerprint density at radius 1 is 0.574 bits per heavy atom. The van der Waals surface area contributed by atoms with Gasteiger partial charge in [0.05, 0.1) is 19.8 Å². The van der Waals surface area contributed by atoms with Crippen LogP contribution in [0.5, 0.6) is 0 Å². The van der Waals surface area contributed by atoms with Crippen molar-refractivity contribution in [3.8, 4) is 0 Å². The van der Waals surface area contributed by atoms with Gasteiger partial charge in [-0.05, 0) is 51.4 Å². The monoisotopic (exact) mass is 985 g/mol. The van der Waals surface area contributed by atoms with Crippen LogP contribution in [0, 0.1) is 0 Å². The number of aliphatic hydroxyl groups is 3. The third-order valence-corrected chi connectivity index (χ3v) is 12.9. The molecule has 1 heterocycles. The van der Waals surface area contributed by atoms with Crippen molar-refractivity contribution in [2.45, 2.75) is 269 Å². The van der Waals surface area contributed by atoms with Gasteiger partial charge < -0.3 is 34.3 Å². The minimum absolute atomic E-state index is 0.0299. The van der Waals surface area contributed by atoms with Gasteiger partial charge in [0.25, 0.3) is 0 Å². The van der Waals surface area contributed by atoms with Gasteiger partial charge in [0.2, 0.25) is 0 Å². The Hall–Kier alpha value is -1.94. The van der Waals surface area contributed by atoms with Crippen LogP contribution in [-0.4, -0.2) is 97.5 Å². The summed E-state index contributed by atoms with van der Waals surface area (Å²) in [5.41, 5.74) is 0. The largest absolute Gasteiger partial charge is 0.457 e. The number of allylic oxidation sites excluding steroid dienone is 8. The molecule has 0 aromatic rings. The molecule has 13 heteroatoms. The number of carbonyl (C=O) groups excluding carboxylic acids is 1. The maximum absolute atomic E-state index is 12.9. The molecular weight excluding hydrogens is 885 g/mol. The highest BCUT2D eigenvalue weighted by Crippen LogP contribution is 2.26. The number of esters is 1. The fraction of sp³-hybridized carbons (Fsp3) is 0.836. The first-order valence-electron chi connectivity index (χ1n) is 27.4. The van der Waals surface area contributed by atoms with Crippen molar-refractivity contribution in [2.24, 2.45) is 0 Å². The molecule has 4 N–H and O–H groups in total. The minimum Gasteiger partial charge on any atom is -0.457 e. The lowest BCUT2D eigenvalue weighted by Gasteiger charge is -2.41. The van der Waals surface area contributed by atoms with Crippen LogP contribution in [0.4, 0.5) is 0 Å². The number of ether oxygens (including phenoxy) is 4. The average Bonchev–Trinajstić information content (AvgIpc) is 3.31. The van der Waals surface area contributed by atoms with Gasteiger partial charge in [0.15, 0.2) is 6.29 Å². The molecule has 1 aliphatic rings. The van der Waals surface area contributed by atoms with E-state index in [-0.39, 0.29) is 19.6 Å². The molecule has 6 unspecified atom stereocenters. The van der Waals surface area contributed by atoms with Gasteiger partial charge in [-0.15, -0.1) is 0 Å². The summed E-state index contributed by atoms with van der Waals surface area (Å²) in [5.74, 6) is -0.400. The van der Waals surface area contributed by atoms with E-state index in [0.717, 1.165) is 77.0 Å². The normalized spacial score (nSPS) is 19.6. The second kappa shape index (κ2) is 46.2. The quantitative estimate of drug-likeness (QED) is 0.0197. The number of hydrogen-bond donors (Lipinski definition) is 4. The standard InChI is InChI=1S/C55H100O12S/c1-3-5-7-9-11-13-15-17-19-21-23-25-26-28-30-32-34-36-38-40-42-44-51(57)65-49(48-64-55-53(59)54(67-68(60,61)62)52(58)50(46-56)66-55)47-63-45-43-41-39-37-35-33-31-29-27-24-22-20-18-16-14-12-10-8-6-4-2/h6,8,12,14,18,20,24,27,49-50,52-56,58-59H,3-5,7,9-11,13,15-17,19,21-23,25-26,28-48H2,1-2H3,(H,60,61,62)/b8-6-,14-12-,20-18-,27-24-. The summed E-state index contributed by atoms with van der Waals surface area (Å²) < 4.78 is 59.3. The molecule has 398 valence electrons. The summed E-state index contributed by atoms with van der Waals surface area (Å²) >= 11 is 0. The summed E-state index contributed by atoms with van der Waals surface area (Å²) in [6.07, 6.45) is 48.6. The van der Waals surface area contributed by atoms with Gasteiger partial charge in [0.1, 0.15) is 30.5 Å². The van der Waals surface area contributed by atoms with E-state index < -0.39 is 59.8 Å². The molecule has 0 saturated carbocycles. The van der Waals surface area contributed by atoms with Gasteiger partial charge in [-0.1, -0.05) is 223 Å². The molecule has 0 spiro atoms. The SMILES string of the molecule is CC/C=C\C/C=C\C/C=C\C/C=C\CCCCCCCCCOCC(COC1OC(CO)C(O)C(OS(=O)(=O)O)C1O)OC(=O)CCCCCCCCCCCCCCCCCCCCCCC. The highest BCUT2D eigenvalue weighted by molar-refractivity contribution is 7.80. The van der Waals surface area contributed by atoms with Gasteiger partial charge in [-0.25, -0.2) is 4.18 Å². The Labute approximate surface area is 415 Å². The van der Waals surface area contributed by atoms with Crippen LogP contribution in [0.1, 0.15) is 232 Å². The van der Waals surface area contributed by atoms with E-state index in [1.807, 2.05) is 0 Å². The first-order chi connectivity index (χ1) is 33.1.